The summed E-state index contributed by atoms with van der Waals surface area (Å²) in [5.74, 6) is 1.32. The molecule has 2 rings (SSSR count). The Hall–Kier alpha value is -1.15. The van der Waals surface area contributed by atoms with E-state index in [4.69, 9.17) is 4.74 Å². The molecule has 0 amide bonds. The number of hydrogen-bond donors (Lipinski definition) is 0. The molecule has 0 radical (unpaired) electrons. The van der Waals surface area contributed by atoms with Crippen LogP contribution in [0.25, 0.3) is 0 Å². The molecular weight excluding hydrogens is 425 g/mol. The maximum Gasteiger partial charge on any atom is 0.270 e. The molecule has 0 N–H and O–H groups in total. The van der Waals surface area contributed by atoms with Crippen LogP contribution < -0.4 is 4.74 Å². The first kappa shape index (κ1) is 14.3. The van der Waals surface area contributed by atoms with Crippen molar-refractivity contribution in [3.63, 3.8) is 0 Å². The molecule has 2 aromatic rings. The summed E-state index contributed by atoms with van der Waals surface area (Å²) in [6, 6.07) is 12.2. The number of rotatable bonds is 4. The van der Waals surface area contributed by atoms with Gasteiger partial charge in [-0.2, -0.15) is 0 Å². The largest absolute Gasteiger partial charge is 0.457 e. The van der Waals surface area contributed by atoms with Gasteiger partial charge in [-0.15, -0.1) is 0 Å². The fourth-order valence-corrected chi connectivity index (χ4v) is 2.31. The maximum atomic E-state index is 10.7. The number of alkyl halides is 1. The first-order chi connectivity index (χ1) is 9.10. The van der Waals surface area contributed by atoms with Gasteiger partial charge < -0.3 is 4.74 Å². The Balaban J connectivity index is 2.29. The number of nitro groups is 1. The van der Waals surface area contributed by atoms with Crippen molar-refractivity contribution in [2.24, 2.45) is 0 Å². The fourth-order valence-electron chi connectivity index (χ4n) is 1.51. The zero-order valence-corrected chi connectivity index (χ0v) is 13.4. The molecule has 0 saturated carbocycles. The zero-order chi connectivity index (χ0) is 13.8. The average molecular weight is 434 g/mol. The van der Waals surface area contributed by atoms with Crippen LogP contribution in [0.1, 0.15) is 5.56 Å². The summed E-state index contributed by atoms with van der Waals surface area (Å²) in [6.07, 6.45) is 0. The van der Waals surface area contributed by atoms with Gasteiger partial charge in [0, 0.05) is 26.6 Å². The number of hydrogen-bond acceptors (Lipinski definition) is 3. The smallest absolute Gasteiger partial charge is 0.270 e. The third kappa shape index (κ3) is 3.66. The monoisotopic (exact) mass is 433 g/mol. The summed E-state index contributed by atoms with van der Waals surface area (Å²) in [6.45, 7) is 0. The molecule has 2 aromatic carbocycles. The minimum absolute atomic E-state index is 0.0596. The van der Waals surface area contributed by atoms with Crippen molar-refractivity contribution in [2.75, 3.05) is 0 Å². The molecule has 0 aromatic heterocycles. The summed E-state index contributed by atoms with van der Waals surface area (Å²) in [4.78, 5) is 10.3. The zero-order valence-electron chi connectivity index (χ0n) is 9.68. The van der Waals surface area contributed by atoms with Crippen LogP contribution in [0.2, 0.25) is 0 Å². The minimum Gasteiger partial charge on any atom is -0.457 e. The summed E-state index contributed by atoms with van der Waals surface area (Å²) >= 11 is 5.53. The van der Waals surface area contributed by atoms with Gasteiger partial charge in [0.25, 0.3) is 5.69 Å². The molecular formula is C13H9BrINO3. The van der Waals surface area contributed by atoms with E-state index >= 15 is 0 Å². The molecule has 4 nitrogen and oxygen atoms in total. The van der Waals surface area contributed by atoms with Crippen LogP contribution >= 0.6 is 38.5 Å². The van der Waals surface area contributed by atoms with Gasteiger partial charge in [0.05, 0.1) is 4.92 Å². The number of nitrogens with zero attached hydrogens (tertiary/aromatic N) is 1. The van der Waals surface area contributed by atoms with E-state index < -0.39 is 4.92 Å². The van der Waals surface area contributed by atoms with Gasteiger partial charge in [-0.3, -0.25) is 10.1 Å². The van der Waals surface area contributed by atoms with E-state index in [1.165, 1.54) is 12.1 Å². The second-order valence-corrected chi connectivity index (χ2v) is 5.55. The lowest BCUT2D eigenvalue weighted by atomic mass is 10.2. The average Bonchev–Trinajstić information content (AvgIpc) is 2.41. The fraction of sp³-hybridized carbons (Fsp3) is 0.0769. The summed E-state index contributed by atoms with van der Waals surface area (Å²) in [7, 11) is 0. The van der Waals surface area contributed by atoms with E-state index in [2.05, 4.69) is 38.5 Å². The first-order valence-electron chi connectivity index (χ1n) is 5.37. The Bertz CT molecular complexity index is 601. The highest BCUT2D eigenvalue weighted by molar-refractivity contribution is 14.1. The molecule has 0 fully saturated rings. The summed E-state index contributed by atoms with van der Waals surface area (Å²) in [5, 5.41) is 11.2. The molecule has 0 atom stereocenters. The van der Waals surface area contributed by atoms with Crippen molar-refractivity contribution in [2.45, 2.75) is 5.33 Å². The van der Waals surface area contributed by atoms with Crippen LogP contribution in [-0.4, -0.2) is 4.92 Å². The second-order valence-electron chi connectivity index (χ2n) is 3.74. The van der Waals surface area contributed by atoms with Crippen molar-refractivity contribution in [3.8, 4) is 11.5 Å². The van der Waals surface area contributed by atoms with Gasteiger partial charge in [-0.25, -0.2) is 0 Å². The highest BCUT2D eigenvalue weighted by Crippen LogP contribution is 2.30. The van der Waals surface area contributed by atoms with Crippen molar-refractivity contribution in [3.05, 3.63) is 61.7 Å². The highest BCUT2D eigenvalue weighted by Gasteiger charge is 2.11. The van der Waals surface area contributed by atoms with Crippen molar-refractivity contribution < 1.29 is 9.66 Å². The molecule has 0 saturated heterocycles. The summed E-state index contributed by atoms with van der Waals surface area (Å²) in [5.41, 5.74) is 0.803. The van der Waals surface area contributed by atoms with Crippen LogP contribution in [-0.2, 0) is 5.33 Å². The van der Waals surface area contributed by atoms with Gasteiger partial charge in [-0.1, -0.05) is 15.9 Å². The minimum atomic E-state index is -0.416. The van der Waals surface area contributed by atoms with E-state index in [0.717, 1.165) is 9.13 Å². The number of benzene rings is 2. The summed E-state index contributed by atoms with van der Waals surface area (Å²) < 4.78 is 6.85. The second kappa shape index (κ2) is 6.33. The van der Waals surface area contributed by atoms with E-state index in [-0.39, 0.29) is 5.69 Å². The SMILES string of the molecule is O=[N+]([O-])c1ccc(Oc2ccc(I)cc2)c(CBr)c1. The van der Waals surface area contributed by atoms with Gasteiger partial charge >= 0.3 is 0 Å². The molecule has 0 heterocycles. The lowest BCUT2D eigenvalue weighted by Crippen LogP contribution is -1.93. The Morgan fingerprint density at radius 1 is 1.21 bits per heavy atom. The molecule has 0 spiro atoms. The quantitative estimate of drug-likeness (QED) is 0.298. The number of nitro benzene ring substituents is 1. The van der Waals surface area contributed by atoms with Crippen molar-refractivity contribution in [1.82, 2.24) is 0 Å². The lowest BCUT2D eigenvalue weighted by Gasteiger charge is -2.09. The Labute approximate surface area is 132 Å². The van der Waals surface area contributed by atoms with Gasteiger partial charge in [0.2, 0.25) is 0 Å². The van der Waals surface area contributed by atoms with Crippen LogP contribution in [0, 0.1) is 13.7 Å². The van der Waals surface area contributed by atoms with Gasteiger partial charge in [-0.05, 0) is 52.9 Å². The predicted molar refractivity (Wildman–Crippen MR) is 85.0 cm³/mol. The third-order valence-electron chi connectivity index (χ3n) is 2.44. The molecule has 0 bridgehead atoms. The van der Waals surface area contributed by atoms with E-state index in [0.29, 0.717) is 16.8 Å². The Morgan fingerprint density at radius 3 is 2.47 bits per heavy atom. The van der Waals surface area contributed by atoms with Gasteiger partial charge in [0.1, 0.15) is 11.5 Å². The molecule has 0 aliphatic heterocycles. The number of ether oxygens (including phenoxy) is 1. The van der Waals surface area contributed by atoms with Crippen molar-refractivity contribution in [1.29, 1.82) is 0 Å². The molecule has 98 valence electrons. The number of non-ortho nitro benzene ring substituents is 1. The predicted octanol–water partition coefficient (Wildman–Crippen LogP) is 4.89. The van der Waals surface area contributed by atoms with Crippen molar-refractivity contribution >= 4 is 44.2 Å². The molecule has 6 heteroatoms. The lowest BCUT2D eigenvalue weighted by molar-refractivity contribution is -0.384. The van der Waals surface area contributed by atoms with Gasteiger partial charge in [0.15, 0.2) is 0 Å². The van der Waals surface area contributed by atoms with Crippen LogP contribution in [0.3, 0.4) is 0 Å². The Kier molecular flexibility index (Phi) is 4.76. The van der Waals surface area contributed by atoms with Crippen LogP contribution in [0.4, 0.5) is 5.69 Å². The first-order valence-corrected chi connectivity index (χ1v) is 7.57. The maximum absolute atomic E-state index is 10.7. The van der Waals surface area contributed by atoms with E-state index in [1.54, 1.807) is 6.07 Å². The van der Waals surface area contributed by atoms with E-state index in [1.807, 2.05) is 24.3 Å². The molecule has 0 aliphatic carbocycles. The van der Waals surface area contributed by atoms with E-state index in [9.17, 15) is 10.1 Å². The topological polar surface area (TPSA) is 52.4 Å². The third-order valence-corrected chi connectivity index (χ3v) is 3.76. The molecule has 0 aliphatic rings. The highest BCUT2D eigenvalue weighted by atomic mass is 127. The number of halogens is 2. The van der Waals surface area contributed by atoms with Crippen LogP contribution in [0.5, 0.6) is 11.5 Å². The normalized spacial score (nSPS) is 10.2. The molecule has 19 heavy (non-hydrogen) atoms. The standard InChI is InChI=1S/C13H9BrINO3/c14-8-9-7-11(16(17)18)3-6-13(9)19-12-4-1-10(15)2-5-12/h1-7H,8H2. The van der Waals surface area contributed by atoms with Crippen LogP contribution in [0.15, 0.2) is 42.5 Å². The molecule has 0 unspecified atom stereocenters. The Morgan fingerprint density at radius 2 is 1.89 bits per heavy atom.